The number of aryl methyl sites for hydroxylation is 2. The Morgan fingerprint density at radius 1 is 0.909 bits per heavy atom. The molecule has 0 aliphatic heterocycles. The van der Waals surface area contributed by atoms with E-state index in [1.807, 2.05) is 80.8 Å². The van der Waals surface area contributed by atoms with Gasteiger partial charge in [-0.25, -0.2) is 4.79 Å². The second-order valence-corrected chi connectivity index (χ2v) is 13.3. The molecule has 0 saturated heterocycles. The quantitative estimate of drug-likeness (QED) is 0.178. The Hall–Kier alpha value is -3.52. The molecule has 0 aliphatic carbocycles. The lowest BCUT2D eigenvalue weighted by Crippen LogP contribution is -2.53. The topological polar surface area (TPSA) is 87.7 Å². The highest BCUT2D eigenvalue weighted by atomic mass is 32.2. The number of thioether (sulfide) groups is 1. The first kappa shape index (κ1) is 35.0. The zero-order chi connectivity index (χ0) is 32.3. The maximum Gasteiger partial charge on any atom is 0.408 e. The van der Waals surface area contributed by atoms with Crippen LogP contribution in [0.25, 0.3) is 10.8 Å². The number of carbonyl (C=O) groups is 3. The van der Waals surface area contributed by atoms with Crippen LogP contribution in [0.4, 0.5) is 10.5 Å². The average molecular weight is 620 g/mol. The first-order chi connectivity index (χ1) is 20.9. The number of carbonyl (C=O) groups excluding carboxylic acids is 3. The molecule has 0 radical (unpaired) electrons. The lowest BCUT2D eigenvalue weighted by atomic mass is 9.93. The molecular weight excluding hydrogens is 570 g/mol. The number of nitrogens with one attached hydrogen (secondary N) is 2. The third kappa shape index (κ3) is 10.0. The summed E-state index contributed by atoms with van der Waals surface area (Å²) >= 11 is 1.60. The molecule has 238 valence electrons. The highest BCUT2D eigenvalue weighted by Crippen LogP contribution is 2.31. The smallest absolute Gasteiger partial charge is 0.408 e. The second kappa shape index (κ2) is 16.5. The van der Waals surface area contributed by atoms with Gasteiger partial charge >= 0.3 is 6.09 Å². The Labute approximate surface area is 267 Å². The van der Waals surface area contributed by atoms with Gasteiger partial charge in [0.1, 0.15) is 17.7 Å². The molecule has 2 N–H and O–H groups in total. The largest absolute Gasteiger partial charge is 0.444 e. The molecule has 3 aromatic rings. The van der Waals surface area contributed by atoms with Crippen LogP contribution >= 0.6 is 11.8 Å². The molecule has 8 heteroatoms. The number of ether oxygens (including phenoxy) is 1. The Morgan fingerprint density at radius 2 is 1.59 bits per heavy atom. The molecule has 0 fully saturated rings. The van der Waals surface area contributed by atoms with Gasteiger partial charge in [-0.05, 0) is 99.1 Å². The van der Waals surface area contributed by atoms with E-state index in [4.69, 9.17) is 4.74 Å². The number of fused-ring (bicyclic) bond motifs is 1. The summed E-state index contributed by atoms with van der Waals surface area (Å²) in [5, 5.41) is 8.06. The number of alkyl carbamates (subject to hydrolysis) is 1. The highest BCUT2D eigenvalue weighted by molar-refractivity contribution is 7.98. The summed E-state index contributed by atoms with van der Waals surface area (Å²) in [5.74, 6) is 0.0814. The molecule has 3 aromatic carbocycles. The van der Waals surface area contributed by atoms with Crippen molar-refractivity contribution in [2.45, 2.75) is 91.3 Å². The van der Waals surface area contributed by atoms with Gasteiger partial charge in [-0.3, -0.25) is 9.59 Å². The molecule has 0 bridgehead atoms. The van der Waals surface area contributed by atoms with Gasteiger partial charge in [-0.1, -0.05) is 74.7 Å². The molecule has 0 saturated carbocycles. The molecule has 2 atom stereocenters. The number of amides is 3. The minimum Gasteiger partial charge on any atom is -0.444 e. The summed E-state index contributed by atoms with van der Waals surface area (Å²) in [6.07, 6.45) is 5.49. The van der Waals surface area contributed by atoms with Crippen LogP contribution in [0, 0.1) is 13.8 Å². The van der Waals surface area contributed by atoms with Crippen LogP contribution in [0.15, 0.2) is 60.7 Å². The van der Waals surface area contributed by atoms with Crippen LogP contribution in [0.5, 0.6) is 0 Å². The van der Waals surface area contributed by atoms with Crippen LogP contribution in [0.3, 0.4) is 0 Å². The van der Waals surface area contributed by atoms with E-state index in [1.54, 1.807) is 37.4 Å². The zero-order valence-electron chi connectivity index (χ0n) is 27.4. The number of unbranched alkanes of at least 4 members (excludes halogenated alkanes) is 3. The van der Waals surface area contributed by atoms with E-state index in [-0.39, 0.29) is 11.8 Å². The lowest BCUT2D eigenvalue weighted by molar-refractivity contribution is -0.141. The number of rotatable bonds is 14. The first-order valence-electron chi connectivity index (χ1n) is 15.6. The van der Waals surface area contributed by atoms with Gasteiger partial charge in [0, 0.05) is 12.2 Å². The van der Waals surface area contributed by atoms with Gasteiger partial charge in [-0.15, -0.1) is 0 Å². The molecule has 44 heavy (non-hydrogen) atoms. The summed E-state index contributed by atoms with van der Waals surface area (Å²) in [7, 11) is 0. The van der Waals surface area contributed by atoms with Crippen molar-refractivity contribution in [1.29, 1.82) is 0 Å². The third-order valence-corrected chi connectivity index (χ3v) is 8.17. The van der Waals surface area contributed by atoms with Gasteiger partial charge in [0.05, 0.1) is 0 Å². The van der Waals surface area contributed by atoms with Crippen LogP contribution in [-0.2, 0) is 14.3 Å². The van der Waals surface area contributed by atoms with Gasteiger partial charge in [0.2, 0.25) is 5.91 Å². The fraction of sp³-hybridized carbons (Fsp3) is 0.472. The minimum atomic E-state index is -0.894. The van der Waals surface area contributed by atoms with Gasteiger partial charge in [-0.2, -0.15) is 11.8 Å². The predicted molar refractivity (Wildman–Crippen MR) is 183 cm³/mol. The first-order valence-corrected chi connectivity index (χ1v) is 17.0. The van der Waals surface area contributed by atoms with E-state index in [1.165, 1.54) is 0 Å². The Kier molecular flexibility index (Phi) is 13.1. The van der Waals surface area contributed by atoms with Crippen molar-refractivity contribution >= 4 is 46.1 Å². The van der Waals surface area contributed by atoms with E-state index < -0.39 is 23.8 Å². The van der Waals surface area contributed by atoms with Crippen molar-refractivity contribution in [2.24, 2.45) is 0 Å². The molecular formula is C36H49N3O4S. The number of benzene rings is 3. The Balaban J connectivity index is 2.07. The molecule has 0 spiro atoms. The molecule has 3 amide bonds. The van der Waals surface area contributed by atoms with Crippen molar-refractivity contribution in [3.63, 3.8) is 0 Å². The fourth-order valence-electron chi connectivity index (χ4n) is 5.38. The lowest BCUT2D eigenvalue weighted by Gasteiger charge is -2.36. The van der Waals surface area contributed by atoms with E-state index in [0.717, 1.165) is 53.1 Å². The number of anilines is 1. The molecule has 2 unspecified atom stereocenters. The average Bonchev–Trinajstić information content (AvgIpc) is 2.96. The maximum absolute atomic E-state index is 14.5. The Bertz CT molecular complexity index is 1400. The van der Waals surface area contributed by atoms with E-state index >= 15 is 0 Å². The van der Waals surface area contributed by atoms with Crippen molar-refractivity contribution in [3.05, 3.63) is 77.4 Å². The normalized spacial score (nSPS) is 12.8. The highest BCUT2D eigenvalue weighted by Gasteiger charge is 2.37. The van der Waals surface area contributed by atoms with Crippen LogP contribution in [0.2, 0.25) is 0 Å². The molecule has 0 aromatic heterocycles. The van der Waals surface area contributed by atoms with Crippen molar-refractivity contribution in [2.75, 3.05) is 23.9 Å². The van der Waals surface area contributed by atoms with Crippen molar-refractivity contribution < 1.29 is 19.1 Å². The Morgan fingerprint density at radius 3 is 2.23 bits per heavy atom. The summed E-state index contributed by atoms with van der Waals surface area (Å²) in [6.45, 7) is 11.8. The van der Waals surface area contributed by atoms with Crippen LogP contribution in [-0.4, -0.2) is 53.0 Å². The van der Waals surface area contributed by atoms with Crippen LogP contribution in [0.1, 0.15) is 82.5 Å². The van der Waals surface area contributed by atoms with Crippen molar-refractivity contribution in [3.8, 4) is 0 Å². The number of hydrogen-bond acceptors (Lipinski definition) is 5. The zero-order valence-corrected chi connectivity index (χ0v) is 28.2. The summed E-state index contributed by atoms with van der Waals surface area (Å²) in [5.41, 5.74) is 2.61. The van der Waals surface area contributed by atoms with Gasteiger partial charge in [0.25, 0.3) is 5.91 Å². The van der Waals surface area contributed by atoms with E-state index in [0.29, 0.717) is 24.4 Å². The SMILES string of the molecule is CCCCCCN(C(=O)C(CCSC)NC(=O)OC(C)(C)C)C(C(=O)Nc1ccc2ccccc2c1)c1c(C)cccc1C. The minimum absolute atomic E-state index is 0.289. The second-order valence-electron chi connectivity index (χ2n) is 12.3. The standard InChI is InChI=1S/C36H49N3O4S/c1-8-9-10-13-22-39(34(41)30(21-23-44-7)38-35(42)43-36(4,5)6)32(31-25(2)15-14-16-26(31)3)33(40)37-29-20-19-27-17-11-12-18-28(27)24-29/h11-12,14-20,24,30,32H,8-10,13,21-23H2,1-7H3,(H,37,40)(H,38,42). The van der Waals surface area contributed by atoms with E-state index in [2.05, 4.69) is 17.6 Å². The van der Waals surface area contributed by atoms with E-state index in [9.17, 15) is 14.4 Å². The number of hydrogen-bond donors (Lipinski definition) is 2. The molecule has 0 heterocycles. The summed E-state index contributed by atoms with van der Waals surface area (Å²) in [6, 6.07) is 18.0. The molecule has 7 nitrogen and oxygen atoms in total. The summed E-state index contributed by atoms with van der Waals surface area (Å²) in [4.78, 5) is 43.5. The van der Waals surface area contributed by atoms with Crippen molar-refractivity contribution in [1.82, 2.24) is 10.2 Å². The number of nitrogens with zero attached hydrogens (tertiary/aromatic N) is 1. The molecule has 3 rings (SSSR count). The molecule has 0 aliphatic rings. The third-order valence-electron chi connectivity index (χ3n) is 7.53. The monoisotopic (exact) mass is 619 g/mol. The van der Waals surface area contributed by atoms with Gasteiger partial charge in [0.15, 0.2) is 0 Å². The van der Waals surface area contributed by atoms with Gasteiger partial charge < -0.3 is 20.3 Å². The van der Waals surface area contributed by atoms with Crippen LogP contribution < -0.4 is 10.6 Å². The maximum atomic E-state index is 14.5. The summed E-state index contributed by atoms with van der Waals surface area (Å²) < 4.78 is 5.53. The predicted octanol–water partition coefficient (Wildman–Crippen LogP) is 8.19. The fourth-order valence-corrected chi connectivity index (χ4v) is 5.85.